The van der Waals surface area contributed by atoms with Crippen molar-refractivity contribution in [1.29, 1.82) is 0 Å². The molecule has 0 N–H and O–H groups in total. The summed E-state index contributed by atoms with van der Waals surface area (Å²) in [7, 11) is 0. The molecular formula is C28H25F2NO5. The molecule has 3 aromatic rings. The molecule has 0 bridgehead atoms. The van der Waals surface area contributed by atoms with Crippen molar-refractivity contribution in [2.75, 3.05) is 6.54 Å². The first-order chi connectivity index (χ1) is 17.2. The quantitative estimate of drug-likeness (QED) is 0.249. The van der Waals surface area contributed by atoms with Crippen molar-refractivity contribution in [1.82, 2.24) is 4.90 Å². The lowest BCUT2D eigenvalue weighted by molar-refractivity contribution is -0.157. The number of nitrogens with zero attached hydrogens (tertiary/aromatic N) is 1. The Bertz CT molecular complexity index is 1210. The number of halogens is 2. The van der Waals surface area contributed by atoms with Gasteiger partial charge < -0.3 is 14.4 Å². The number of rotatable bonds is 8. The van der Waals surface area contributed by atoms with Gasteiger partial charge in [-0.25, -0.2) is 8.78 Å². The third-order valence-electron chi connectivity index (χ3n) is 6.23. The van der Waals surface area contributed by atoms with E-state index in [0.717, 1.165) is 5.56 Å². The van der Waals surface area contributed by atoms with E-state index >= 15 is 0 Å². The van der Waals surface area contributed by atoms with E-state index < -0.39 is 29.2 Å². The summed E-state index contributed by atoms with van der Waals surface area (Å²) in [5.74, 6) is -1.57. The van der Waals surface area contributed by atoms with Crippen LogP contribution in [0.1, 0.15) is 49.4 Å². The first kappa shape index (κ1) is 25.0. The molecule has 0 aromatic heterocycles. The molecule has 1 saturated heterocycles. The maximum Gasteiger partial charge on any atom is 0.308 e. The molecule has 36 heavy (non-hydrogen) atoms. The zero-order valence-corrected chi connectivity index (χ0v) is 19.9. The van der Waals surface area contributed by atoms with Crippen LogP contribution >= 0.6 is 0 Å². The molecule has 8 heteroatoms. The second-order valence-corrected chi connectivity index (χ2v) is 8.65. The number of ether oxygens (including phenoxy) is 2. The van der Waals surface area contributed by atoms with E-state index in [4.69, 9.17) is 9.47 Å². The topological polar surface area (TPSA) is 72.9 Å². The Balaban J connectivity index is 1.64. The first-order valence-electron chi connectivity index (χ1n) is 11.5. The van der Waals surface area contributed by atoms with Gasteiger partial charge in [-0.05, 0) is 42.0 Å². The Morgan fingerprint density at radius 3 is 1.83 bits per heavy atom. The van der Waals surface area contributed by atoms with Crippen LogP contribution in [0, 0.1) is 11.6 Å². The summed E-state index contributed by atoms with van der Waals surface area (Å²) in [6, 6.07) is 17.8. The van der Waals surface area contributed by atoms with Crippen molar-refractivity contribution in [3.63, 3.8) is 0 Å². The van der Waals surface area contributed by atoms with E-state index in [2.05, 4.69) is 0 Å². The normalized spacial score (nSPS) is 15.3. The molecular weight excluding hydrogens is 468 g/mol. The van der Waals surface area contributed by atoms with Crippen molar-refractivity contribution in [2.45, 2.75) is 38.3 Å². The first-order valence-corrected chi connectivity index (χ1v) is 11.5. The minimum Gasteiger partial charge on any atom is -0.449 e. The number of β-lactam (4-membered cyclic amide) rings is 1. The summed E-state index contributed by atoms with van der Waals surface area (Å²) < 4.78 is 38.4. The van der Waals surface area contributed by atoms with Crippen molar-refractivity contribution >= 4 is 17.8 Å². The van der Waals surface area contributed by atoms with Crippen molar-refractivity contribution in [2.24, 2.45) is 0 Å². The second kappa shape index (κ2) is 10.3. The highest BCUT2D eigenvalue weighted by Gasteiger charge is 2.42. The summed E-state index contributed by atoms with van der Waals surface area (Å²) in [6.45, 7) is 2.80. The van der Waals surface area contributed by atoms with Crippen LogP contribution in [-0.2, 0) is 24.7 Å². The van der Waals surface area contributed by atoms with E-state index in [1.165, 1.54) is 62.4 Å². The minimum atomic E-state index is -1.37. The fraction of sp³-hybridized carbons (Fsp3) is 0.250. The molecule has 1 aliphatic heterocycles. The molecule has 6 nitrogen and oxygen atoms in total. The molecule has 1 amide bonds. The monoisotopic (exact) mass is 493 g/mol. The van der Waals surface area contributed by atoms with Crippen LogP contribution < -0.4 is 4.74 Å². The maximum atomic E-state index is 13.7. The molecule has 3 aromatic carbocycles. The summed E-state index contributed by atoms with van der Waals surface area (Å²) in [5, 5.41) is 0. The number of esters is 2. The van der Waals surface area contributed by atoms with Crippen molar-refractivity contribution < 1.29 is 32.6 Å². The lowest BCUT2D eigenvalue weighted by atomic mass is 9.82. The number of hydrogen-bond donors (Lipinski definition) is 0. The summed E-state index contributed by atoms with van der Waals surface area (Å²) in [4.78, 5) is 37.7. The maximum absolute atomic E-state index is 13.7. The van der Waals surface area contributed by atoms with Gasteiger partial charge in [0.25, 0.3) is 0 Å². The summed E-state index contributed by atoms with van der Waals surface area (Å²) >= 11 is 0. The number of benzene rings is 3. The average molecular weight is 494 g/mol. The van der Waals surface area contributed by atoms with Crippen molar-refractivity contribution in [3.05, 3.63) is 101 Å². The van der Waals surface area contributed by atoms with Gasteiger partial charge in [0.1, 0.15) is 17.4 Å². The van der Waals surface area contributed by atoms with Gasteiger partial charge in [0, 0.05) is 37.9 Å². The lowest BCUT2D eigenvalue weighted by Crippen LogP contribution is -2.49. The Hall–Kier alpha value is -4.07. The molecule has 0 radical (unpaired) electrons. The van der Waals surface area contributed by atoms with E-state index in [0.29, 0.717) is 23.3 Å². The Labute approximate surface area is 207 Å². The molecule has 1 unspecified atom stereocenters. The standard InChI is InChI=1S/C28H25F2NO5/c1-18(32)35-25-13-3-20(4-14-25)26-17-27(34)31(26)16-15-28(36-19(2)33,21-5-9-23(29)10-6-21)22-7-11-24(30)12-8-22/h3-14,26H,15-17H2,1-2H3. The van der Waals surface area contributed by atoms with E-state index in [1.54, 1.807) is 29.2 Å². The molecule has 4 rings (SSSR count). The molecule has 0 saturated carbocycles. The summed E-state index contributed by atoms with van der Waals surface area (Å²) in [6.07, 6.45) is 0.470. The fourth-order valence-electron chi connectivity index (χ4n) is 4.54. The third kappa shape index (κ3) is 5.27. The van der Waals surface area contributed by atoms with Crippen LogP contribution in [0.2, 0.25) is 0 Å². The largest absolute Gasteiger partial charge is 0.449 e. The number of carbonyl (C=O) groups is 3. The van der Waals surface area contributed by atoms with Gasteiger partial charge in [-0.1, -0.05) is 36.4 Å². The fourth-order valence-corrected chi connectivity index (χ4v) is 4.54. The number of hydrogen-bond acceptors (Lipinski definition) is 5. The van der Waals surface area contributed by atoms with Crippen molar-refractivity contribution in [3.8, 4) is 5.75 Å². The highest BCUT2D eigenvalue weighted by atomic mass is 19.1. The van der Waals surface area contributed by atoms with Crippen LogP contribution in [0.15, 0.2) is 72.8 Å². The lowest BCUT2D eigenvalue weighted by Gasteiger charge is -2.43. The number of carbonyl (C=O) groups excluding carboxylic acids is 3. The van der Waals surface area contributed by atoms with Gasteiger partial charge in [-0.15, -0.1) is 0 Å². The second-order valence-electron chi connectivity index (χ2n) is 8.65. The van der Waals surface area contributed by atoms with Gasteiger partial charge >= 0.3 is 11.9 Å². The molecule has 0 spiro atoms. The summed E-state index contributed by atoms with van der Waals surface area (Å²) in [5.41, 5.74) is 0.501. The van der Waals surface area contributed by atoms with E-state index in [9.17, 15) is 23.2 Å². The van der Waals surface area contributed by atoms with Gasteiger partial charge in [0.15, 0.2) is 5.60 Å². The van der Waals surface area contributed by atoms with Gasteiger partial charge in [0.2, 0.25) is 5.91 Å². The van der Waals surface area contributed by atoms with Crippen LogP contribution in [0.5, 0.6) is 5.75 Å². The average Bonchev–Trinajstić information content (AvgIpc) is 2.83. The highest BCUT2D eigenvalue weighted by molar-refractivity contribution is 5.83. The smallest absolute Gasteiger partial charge is 0.308 e. The third-order valence-corrected chi connectivity index (χ3v) is 6.23. The predicted molar refractivity (Wildman–Crippen MR) is 127 cm³/mol. The zero-order chi connectivity index (χ0) is 25.9. The molecule has 1 fully saturated rings. The zero-order valence-electron chi connectivity index (χ0n) is 19.9. The van der Waals surface area contributed by atoms with E-state index in [1.807, 2.05) is 0 Å². The molecule has 1 atom stereocenters. The molecule has 1 aliphatic rings. The number of likely N-dealkylation sites (tertiary alicyclic amines) is 1. The van der Waals surface area contributed by atoms with E-state index in [-0.39, 0.29) is 24.9 Å². The van der Waals surface area contributed by atoms with Crippen LogP contribution in [-0.4, -0.2) is 29.3 Å². The molecule has 186 valence electrons. The molecule has 0 aliphatic carbocycles. The van der Waals surface area contributed by atoms with Crippen LogP contribution in [0.3, 0.4) is 0 Å². The minimum absolute atomic E-state index is 0.0704. The Kier molecular flexibility index (Phi) is 7.15. The van der Waals surface area contributed by atoms with Gasteiger partial charge in [-0.3, -0.25) is 14.4 Å². The van der Waals surface area contributed by atoms with Gasteiger partial charge in [-0.2, -0.15) is 0 Å². The number of amides is 1. The Morgan fingerprint density at radius 1 is 0.861 bits per heavy atom. The highest BCUT2D eigenvalue weighted by Crippen LogP contribution is 2.41. The predicted octanol–water partition coefficient (Wildman–Crippen LogP) is 5.06. The molecule has 1 heterocycles. The van der Waals surface area contributed by atoms with Crippen LogP contribution in [0.4, 0.5) is 8.78 Å². The SMILES string of the molecule is CC(=O)Oc1ccc(C2CC(=O)N2CCC(OC(C)=O)(c2ccc(F)cc2)c2ccc(F)cc2)cc1. The Morgan fingerprint density at radius 2 is 1.39 bits per heavy atom. The van der Waals surface area contributed by atoms with Crippen LogP contribution in [0.25, 0.3) is 0 Å². The van der Waals surface area contributed by atoms with Gasteiger partial charge in [0.05, 0.1) is 12.5 Å².